The van der Waals surface area contributed by atoms with E-state index in [4.69, 9.17) is 9.72 Å². The number of aromatic nitrogens is 3. The fraction of sp³-hybridized carbons (Fsp3) is 0.394. The number of fused-ring (bicyclic) bond motifs is 3. The number of anilines is 1. The number of likely N-dealkylation sites (N-methyl/N-ethyl adjacent to an activating group) is 1. The Morgan fingerprint density at radius 2 is 1.96 bits per heavy atom. The van der Waals surface area contributed by atoms with E-state index >= 15 is 4.39 Å². The number of carbonyl (C=O) groups is 1. The molecule has 0 N–H and O–H groups in total. The number of allylic oxidation sites excluding steroid dienone is 1. The molecule has 7 rings (SSSR count). The number of hydrogen-bond acceptors (Lipinski definition) is 8. The van der Waals surface area contributed by atoms with Crippen LogP contribution in [0, 0.1) is 17.5 Å². The van der Waals surface area contributed by atoms with Gasteiger partial charge in [0.1, 0.15) is 36.1 Å². The quantitative estimate of drug-likeness (QED) is 0.147. The van der Waals surface area contributed by atoms with Crippen molar-refractivity contribution in [3.8, 4) is 17.3 Å². The Kier molecular flexibility index (Phi) is 7.55. The first kappa shape index (κ1) is 29.4. The van der Waals surface area contributed by atoms with Crippen molar-refractivity contribution in [2.24, 2.45) is 0 Å². The molecule has 2 aromatic heterocycles. The molecule has 0 radical (unpaired) electrons. The van der Waals surface area contributed by atoms with Crippen molar-refractivity contribution in [2.75, 3.05) is 44.7 Å². The molecule has 234 valence electrons. The lowest BCUT2D eigenvalue weighted by atomic mass is 9.95. The Bertz CT molecular complexity index is 1820. The lowest BCUT2D eigenvalue weighted by Gasteiger charge is -2.31. The molecule has 5 heterocycles. The van der Waals surface area contributed by atoms with E-state index in [1.807, 2.05) is 16.8 Å². The van der Waals surface area contributed by atoms with Gasteiger partial charge in [0.25, 0.3) is 0 Å². The number of alkyl halides is 1. The molecule has 3 aliphatic rings. The van der Waals surface area contributed by atoms with E-state index in [2.05, 4.69) is 14.9 Å². The second kappa shape index (κ2) is 11.6. The van der Waals surface area contributed by atoms with Crippen LogP contribution in [0.25, 0.3) is 32.9 Å². The second-order valence-corrected chi connectivity index (χ2v) is 12.2. The topological polar surface area (TPSA) is 74.7 Å². The predicted molar refractivity (Wildman–Crippen MR) is 162 cm³/mol. The zero-order valence-electron chi connectivity index (χ0n) is 24.7. The summed E-state index contributed by atoms with van der Waals surface area (Å²) >= 11 is 0. The van der Waals surface area contributed by atoms with Crippen molar-refractivity contribution >= 4 is 33.8 Å². The first-order chi connectivity index (χ1) is 21.8. The Hall–Kier alpha value is -4.32. The summed E-state index contributed by atoms with van der Waals surface area (Å²) in [5.74, 6) is -2.38. The highest BCUT2D eigenvalue weighted by atomic mass is 19.2. The number of likely N-dealkylation sites (tertiary alicyclic amines) is 1. The van der Waals surface area contributed by atoms with E-state index in [1.165, 1.54) is 12.3 Å². The number of carbonyl (C=O) groups excluding carboxylic acids is 1. The first-order valence-electron chi connectivity index (χ1n) is 15.1. The normalized spacial score (nSPS) is 23.4. The van der Waals surface area contributed by atoms with Gasteiger partial charge in [0, 0.05) is 57.1 Å². The summed E-state index contributed by atoms with van der Waals surface area (Å²) < 4.78 is 65.5. The molecule has 0 spiro atoms. The van der Waals surface area contributed by atoms with E-state index in [0.717, 1.165) is 50.8 Å². The molecule has 3 fully saturated rings. The van der Waals surface area contributed by atoms with Crippen molar-refractivity contribution in [3.05, 3.63) is 66.3 Å². The number of halogens is 4. The molecular formula is C33H32F4N6O2. The summed E-state index contributed by atoms with van der Waals surface area (Å²) in [4.78, 5) is 30.6. The number of pyridine rings is 1. The summed E-state index contributed by atoms with van der Waals surface area (Å²) in [6.07, 6.45) is 7.33. The zero-order chi connectivity index (χ0) is 31.3. The lowest BCUT2D eigenvalue weighted by Crippen LogP contribution is -2.43. The number of benzene rings is 2. The number of nitrogens with zero attached hydrogens (tertiary/aromatic N) is 6. The minimum atomic E-state index is -1.05. The summed E-state index contributed by atoms with van der Waals surface area (Å²) in [5.41, 5.74) is -0.265. The molecule has 4 aromatic rings. The van der Waals surface area contributed by atoms with Gasteiger partial charge in [0.15, 0.2) is 17.5 Å². The minimum absolute atomic E-state index is 0.0167. The molecule has 45 heavy (non-hydrogen) atoms. The third-order valence-corrected chi connectivity index (χ3v) is 9.50. The van der Waals surface area contributed by atoms with Crippen LogP contribution in [0.5, 0.6) is 6.01 Å². The van der Waals surface area contributed by atoms with Gasteiger partial charge in [-0.2, -0.15) is 9.97 Å². The monoisotopic (exact) mass is 620 g/mol. The Labute approximate surface area is 257 Å². The van der Waals surface area contributed by atoms with Gasteiger partial charge < -0.3 is 14.5 Å². The van der Waals surface area contributed by atoms with Gasteiger partial charge in [0.05, 0.1) is 10.9 Å². The number of rotatable bonds is 8. The van der Waals surface area contributed by atoms with Crippen LogP contribution in [0.2, 0.25) is 0 Å². The molecule has 0 aliphatic carbocycles. The van der Waals surface area contributed by atoms with E-state index in [1.54, 1.807) is 24.4 Å². The standard InChI is InChI=1S/C33H32F4N6O2/c1-41(22-7-11-42(18-22)9-4-12-44)31-25-16-38-29(23-6-2-5-20-13-26(35)27(36)14-24(20)23)28(37)30(25)39-32(40-31)45-19-33-8-3-10-43(33)17-21(34)15-33/h2,4-6,9,12-14,16,21-22H,3,7-8,10-11,15,17-19H2,1H3/t21-,22-,33+/m1/s1. The molecule has 0 unspecified atom stereocenters. The third-order valence-electron chi connectivity index (χ3n) is 9.50. The maximum absolute atomic E-state index is 16.6. The molecule has 2 aromatic carbocycles. The van der Waals surface area contributed by atoms with Crippen LogP contribution in [-0.2, 0) is 4.79 Å². The van der Waals surface area contributed by atoms with Crippen LogP contribution in [-0.4, -0.2) is 88.6 Å². The zero-order valence-corrected chi connectivity index (χ0v) is 24.7. The van der Waals surface area contributed by atoms with Gasteiger partial charge in [0.2, 0.25) is 0 Å². The smallest absolute Gasteiger partial charge is 0.319 e. The largest absolute Gasteiger partial charge is 0.461 e. The number of hydrogen-bond donors (Lipinski definition) is 0. The van der Waals surface area contributed by atoms with Gasteiger partial charge in [-0.25, -0.2) is 17.6 Å². The summed E-state index contributed by atoms with van der Waals surface area (Å²) in [6, 6.07) is 6.90. The highest BCUT2D eigenvalue weighted by Gasteiger charge is 2.49. The van der Waals surface area contributed by atoms with E-state index in [9.17, 15) is 18.0 Å². The molecule has 12 heteroatoms. The van der Waals surface area contributed by atoms with Gasteiger partial charge in [-0.1, -0.05) is 18.2 Å². The maximum atomic E-state index is 16.6. The van der Waals surface area contributed by atoms with Crippen molar-refractivity contribution in [1.82, 2.24) is 24.8 Å². The molecule has 0 amide bonds. The van der Waals surface area contributed by atoms with Gasteiger partial charge in [-0.3, -0.25) is 14.7 Å². The number of aldehydes is 1. The van der Waals surface area contributed by atoms with Crippen molar-refractivity contribution in [3.63, 3.8) is 0 Å². The lowest BCUT2D eigenvalue weighted by molar-refractivity contribution is -0.104. The first-order valence-corrected chi connectivity index (χ1v) is 15.1. The Morgan fingerprint density at radius 1 is 1.11 bits per heavy atom. The van der Waals surface area contributed by atoms with Crippen molar-refractivity contribution in [1.29, 1.82) is 0 Å². The Balaban J connectivity index is 1.31. The average molecular weight is 621 g/mol. The van der Waals surface area contributed by atoms with E-state index in [-0.39, 0.29) is 35.4 Å². The molecule has 3 saturated heterocycles. The van der Waals surface area contributed by atoms with E-state index in [0.29, 0.717) is 41.5 Å². The summed E-state index contributed by atoms with van der Waals surface area (Å²) in [7, 11) is 1.86. The summed E-state index contributed by atoms with van der Waals surface area (Å²) in [5, 5.41) is 1.06. The predicted octanol–water partition coefficient (Wildman–Crippen LogP) is 5.44. The maximum Gasteiger partial charge on any atom is 0.319 e. The molecule has 0 saturated carbocycles. The SMILES string of the molecule is CN(c1nc(OC[C@@]23CCCN2C[C@H](F)C3)nc2c(F)c(-c3cccc4cc(F)c(F)cc34)ncc12)[C@@H]1CCN(C=CC=O)C1. The van der Waals surface area contributed by atoms with Crippen LogP contribution in [0.3, 0.4) is 0 Å². The van der Waals surface area contributed by atoms with Crippen molar-refractivity contribution in [2.45, 2.75) is 43.4 Å². The second-order valence-electron chi connectivity index (χ2n) is 12.2. The van der Waals surface area contributed by atoms with Crippen LogP contribution in [0.15, 0.2) is 48.8 Å². The highest BCUT2D eigenvalue weighted by Crippen LogP contribution is 2.41. The van der Waals surface area contributed by atoms with Crippen LogP contribution in [0.1, 0.15) is 25.7 Å². The number of ether oxygens (including phenoxy) is 1. The van der Waals surface area contributed by atoms with Crippen LogP contribution >= 0.6 is 0 Å². The van der Waals surface area contributed by atoms with Crippen LogP contribution in [0.4, 0.5) is 23.4 Å². The molecule has 8 nitrogen and oxygen atoms in total. The van der Waals surface area contributed by atoms with Gasteiger partial charge >= 0.3 is 6.01 Å². The van der Waals surface area contributed by atoms with E-state index < -0.39 is 29.2 Å². The fourth-order valence-electron chi connectivity index (χ4n) is 7.22. The molecular weight excluding hydrogens is 588 g/mol. The van der Waals surface area contributed by atoms with Crippen LogP contribution < -0.4 is 9.64 Å². The Morgan fingerprint density at radius 3 is 2.80 bits per heavy atom. The molecule has 0 bridgehead atoms. The third kappa shape index (κ3) is 5.24. The molecule has 3 aliphatic heterocycles. The van der Waals surface area contributed by atoms with Gasteiger partial charge in [-0.15, -0.1) is 0 Å². The summed E-state index contributed by atoms with van der Waals surface area (Å²) in [6.45, 7) is 2.68. The highest BCUT2D eigenvalue weighted by molar-refractivity contribution is 5.99. The van der Waals surface area contributed by atoms with Crippen molar-refractivity contribution < 1.29 is 27.1 Å². The fourth-order valence-corrected chi connectivity index (χ4v) is 7.22. The minimum Gasteiger partial charge on any atom is -0.461 e. The van der Waals surface area contributed by atoms with Gasteiger partial charge in [-0.05, 0) is 54.8 Å². The average Bonchev–Trinajstić information content (AvgIpc) is 3.73. The molecule has 3 atom stereocenters.